The van der Waals surface area contributed by atoms with Gasteiger partial charge in [0, 0.05) is 54.0 Å². The Morgan fingerprint density at radius 1 is 1.10 bits per heavy atom. The fourth-order valence-electron chi connectivity index (χ4n) is 5.20. The molecule has 1 saturated heterocycles. The van der Waals surface area contributed by atoms with Crippen LogP contribution in [0.25, 0.3) is 11.1 Å². The van der Waals surface area contributed by atoms with Gasteiger partial charge in [0.15, 0.2) is 0 Å². The molecule has 1 fully saturated rings. The molecule has 1 aromatic carbocycles. The summed E-state index contributed by atoms with van der Waals surface area (Å²) in [6, 6.07) is 9.51. The molecule has 2 N–H and O–H groups in total. The van der Waals surface area contributed by atoms with E-state index >= 15 is 0 Å². The summed E-state index contributed by atoms with van der Waals surface area (Å²) < 4.78 is 11.8. The van der Waals surface area contributed by atoms with Crippen molar-refractivity contribution in [1.82, 2.24) is 9.97 Å². The molecule has 3 aliphatic heterocycles. The largest absolute Gasteiger partial charge is 0.485 e. The van der Waals surface area contributed by atoms with Gasteiger partial charge < -0.3 is 29.7 Å². The summed E-state index contributed by atoms with van der Waals surface area (Å²) in [6.07, 6.45) is 4.25. The van der Waals surface area contributed by atoms with Gasteiger partial charge in [-0.1, -0.05) is 0 Å². The average Bonchev–Trinajstić information content (AvgIpc) is 3.37. The quantitative estimate of drug-likeness (QED) is 0.485. The van der Waals surface area contributed by atoms with Gasteiger partial charge in [0.05, 0.1) is 24.8 Å². The molecule has 0 spiro atoms. The number of pyridine rings is 2. The van der Waals surface area contributed by atoms with E-state index < -0.39 is 5.97 Å². The number of anilines is 4. The molecule has 3 aliphatic rings. The van der Waals surface area contributed by atoms with Crippen LogP contribution in [0.15, 0.2) is 42.7 Å². The Balaban J connectivity index is 1.24. The molecule has 0 bridgehead atoms. The number of carbonyl (C=O) groups is 3. The lowest BCUT2D eigenvalue weighted by molar-refractivity contribution is -0.138. The van der Waals surface area contributed by atoms with Gasteiger partial charge >= 0.3 is 5.97 Å². The number of aliphatic carboxylic acids is 1. The molecule has 0 aliphatic carbocycles. The molecule has 11 nitrogen and oxygen atoms in total. The van der Waals surface area contributed by atoms with Crippen LogP contribution in [-0.2, 0) is 14.4 Å². The monoisotopic (exact) mass is 529 g/mol. The highest BCUT2D eigenvalue weighted by molar-refractivity contribution is 5.97. The summed E-state index contributed by atoms with van der Waals surface area (Å²) in [5.74, 6) is 0.437. The fourth-order valence-corrected chi connectivity index (χ4v) is 5.20. The number of benzene rings is 1. The van der Waals surface area contributed by atoms with E-state index in [4.69, 9.17) is 14.6 Å². The van der Waals surface area contributed by atoms with Gasteiger partial charge in [-0.2, -0.15) is 0 Å². The number of nitrogens with one attached hydrogen (secondary N) is 1. The zero-order valence-electron chi connectivity index (χ0n) is 21.3. The van der Waals surface area contributed by atoms with Gasteiger partial charge in [0.1, 0.15) is 30.0 Å². The standard InChI is InChI=1S/C28H27N5O6/c1-16-20-13-24(29-15-21(20)19-5-4-18(12-23(19)39-16)32-8-2-3-25(32)34)31-17-11-22-28(30-14-17)38-10-9-33(22)26(35)6-7-27(36)37/h4-5,11-16H,2-3,6-10H2,1H3,(H,29,31)(H,36,37). The normalized spacial score (nSPS) is 17.5. The van der Waals surface area contributed by atoms with Crippen molar-refractivity contribution in [3.8, 4) is 22.8 Å². The van der Waals surface area contributed by atoms with Crippen LogP contribution in [0.1, 0.15) is 44.3 Å². The van der Waals surface area contributed by atoms with Crippen LogP contribution in [-0.4, -0.2) is 52.6 Å². The van der Waals surface area contributed by atoms with Crippen molar-refractivity contribution in [1.29, 1.82) is 0 Å². The van der Waals surface area contributed by atoms with Crippen molar-refractivity contribution in [3.05, 3.63) is 48.3 Å². The number of aromatic nitrogens is 2. The molecule has 2 amide bonds. The second-order valence-corrected chi connectivity index (χ2v) is 9.71. The lowest BCUT2D eigenvalue weighted by atomic mass is 9.94. The first-order valence-corrected chi connectivity index (χ1v) is 12.9. The Morgan fingerprint density at radius 2 is 1.97 bits per heavy atom. The Hall–Kier alpha value is -4.67. The number of hydrogen-bond donors (Lipinski definition) is 2. The van der Waals surface area contributed by atoms with Crippen LogP contribution in [0.5, 0.6) is 11.6 Å². The van der Waals surface area contributed by atoms with Crippen molar-refractivity contribution >= 4 is 40.7 Å². The first-order chi connectivity index (χ1) is 18.9. The lowest BCUT2D eigenvalue weighted by Crippen LogP contribution is -2.38. The van der Waals surface area contributed by atoms with E-state index in [0.29, 0.717) is 36.0 Å². The van der Waals surface area contributed by atoms with E-state index in [2.05, 4.69) is 15.3 Å². The molecule has 200 valence electrons. The van der Waals surface area contributed by atoms with Gasteiger partial charge in [-0.25, -0.2) is 9.97 Å². The zero-order chi connectivity index (χ0) is 27.1. The molecule has 1 unspecified atom stereocenters. The molecule has 0 saturated carbocycles. The first-order valence-electron chi connectivity index (χ1n) is 12.9. The Morgan fingerprint density at radius 3 is 2.77 bits per heavy atom. The minimum absolute atomic E-state index is 0.103. The summed E-state index contributed by atoms with van der Waals surface area (Å²) in [5, 5.41) is 12.2. The van der Waals surface area contributed by atoms with E-state index in [9.17, 15) is 14.4 Å². The molecule has 11 heteroatoms. The van der Waals surface area contributed by atoms with Crippen LogP contribution in [0.4, 0.5) is 22.9 Å². The van der Waals surface area contributed by atoms with Gasteiger partial charge in [-0.05, 0) is 37.6 Å². The number of hydrogen-bond acceptors (Lipinski definition) is 8. The van der Waals surface area contributed by atoms with Crippen LogP contribution >= 0.6 is 0 Å². The average molecular weight is 530 g/mol. The summed E-state index contributed by atoms with van der Waals surface area (Å²) in [5.41, 5.74) is 4.77. The molecule has 5 heterocycles. The second-order valence-electron chi connectivity index (χ2n) is 9.71. The number of carboxylic acids is 1. The summed E-state index contributed by atoms with van der Waals surface area (Å²) in [7, 11) is 0. The molecule has 3 aromatic rings. The van der Waals surface area contributed by atoms with E-state index in [-0.39, 0.29) is 37.4 Å². The van der Waals surface area contributed by atoms with Crippen molar-refractivity contribution in [3.63, 3.8) is 0 Å². The maximum atomic E-state index is 12.7. The smallest absolute Gasteiger partial charge is 0.303 e. The topological polar surface area (TPSA) is 134 Å². The number of amides is 2. The predicted octanol–water partition coefficient (Wildman–Crippen LogP) is 4.06. The highest BCUT2D eigenvalue weighted by atomic mass is 16.5. The Bertz CT molecular complexity index is 1490. The molecule has 0 radical (unpaired) electrons. The minimum Gasteiger partial charge on any atom is -0.485 e. The maximum absolute atomic E-state index is 12.7. The number of carboxylic acid groups (broad SMARTS) is 1. The SMILES string of the molecule is CC1Oc2cc(N3CCCC3=O)ccc2-c2cnc(Nc3cnc4c(c3)N(C(=O)CCC(=O)O)CCO4)cc21. The Labute approximate surface area is 224 Å². The molecular weight excluding hydrogens is 502 g/mol. The third-order valence-electron chi connectivity index (χ3n) is 7.12. The lowest BCUT2D eigenvalue weighted by Gasteiger charge is -2.29. The molecule has 2 aromatic heterocycles. The first kappa shape index (κ1) is 24.7. The third kappa shape index (κ3) is 4.71. The number of fused-ring (bicyclic) bond motifs is 4. The highest BCUT2D eigenvalue weighted by Gasteiger charge is 2.28. The van der Waals surface area contributed by atoms with Gasteiger partial charge in [0.2, 0.25) is 17.7 Å². The van der Waals surface area contributed by atoms with Gasteiger partial charge in [-0.3, -0.25) is 14.4 Å². The number of rotatable bonds is 6. The summed E-state index contributed by atoms with van der Waals surface area (Å²) in [6.45, 7) is 3.29. The summed E-state index contributed by atoms with van der Waals surface area (Å²) >= 11 is 0. The van der Waals surface area contributed by atoms with E-state index in [1.54, 1.807) is 23.4 Å². The number of ether oxygens (including phenoxy) is 2. The van der Waals surface area contributed by atoms with Crippen LogP contribution < -0.4 is 24.6 Å². The van der Waals surface area contributed by atoms with Gasteiger partial charge in [0.25, 0.3) is 0 Å². The second kappa shape index (κ2) is 9.90. The minimum atomic E-state index is -1.02. The van der Waals surface area contributed by atoms with Crippen molar-refractivity contribution < 1.29 is 29.0 Å². The zero-order valence-corrected chi connectivity index (χ0v) is 21.3. The van der Waals surface area contributed by atoms with Crippen molar-refractivity contribution in [2.24, 2.45) is 0 Å². The van der Waals surface area contributed by atoms with Crippen molar-refractivity contribution in [2.45, 2.75) is 38.7 Å². The fraction of sp³-hybridized carbons (Fsp3) is 0.321. The van der Waals surface area contributed by atoms with Crippen molar-refractivity contribution in [2.75, 3.05) is 34.8 Å². The summed E-state index contributed by atoms with van der Waals surface area (Å²) in [4.78, 5) is 48.0. The molecule has 1 atom stereocenters. The van der Waals surface area contributed by atoms with E-state index in [1.165, 1.54) is 4.90 Å². The molecule has 6 rings (SSSR count). The van der Waals surface area contributed by atoms with E-state index in [1.807, 2.05) is 31.2 Å². The maximum Gasteiger partial charge on any atom is 0.303 e. The van der Waals surface area contributed by atoms with Gasteiger partial charge in [-0.15, -0.1) is 0 Å². The predicted molar refractivity (Wildman–Crippen MR) is 143 cm³/mol. The number of carbonyl (C=O) groups excluding carboxylic acids is 2. The van der Waals surface area contributed by atoms with E-state index in [0.717, 1.165) is 41.1 Å². The van der Waals surface area contributed by atoms with Crippen LogP contribution in [0, 0.1) is 0 Å². The highest BCUT2D eigenvalue weighted by Crippen LogP contribution is 2.45. The molecule has 39 heavy (non-hydrogen) atoms. The molecular formula is C28H27N5O6. The van der Waals surface area contributed by atoms with Crippen LogP contribution in [0.3, 0.4) is 0 Å². The third-order valence-corrected chi connectivity index (χ3v) is 7.12. The number of nitrogens with zero attached hydrogens (tertiary/aromatic N) is 4. The Kier molecular flexibility index (Phi) is 6.26. The van der Waals surface area contributed by atoms with Crippen LogP contribution in [0.2, 0.25) is 0 Å².